The Balaban J connectivity index is 2.16. The van der Waals surface area contributed by atoms with Gasteiger partial charge in [0, 0.05) is 10.9 Å². The lowest BCUT2D eigenvalue weighted by atomic mass is 10.1. The van der Waals surface area contributed by atoms with Crippen molar-refractivity contribution in [3.63, 3.8) is 0 Å². The lowest BCUT2D eigenvalue weighted by molar-refractivity contribution is 0.404. The number of rotatable bonds is 7. The first-order valence-electron chi connectivity index (χ1n) is 9.23. The third kappa shape index (κ3) is 4.66. The van der Waals surface area contributed by atoms with Gasteiger partial charge < -0.3 is 9.47 Å². The summed E-state index contributed by atoms with van der Waals surface area (Å²) in [6, 6.07) is 12.0. The maximum atomic E-state index is 5.58. The molecule has 0 radical (unpaired) electrons. The zero-order valence-corrected chi connectivity index (χ0v) is 18.0. The molecule has 29 heavy (non-hydrogen) atoms. The molecule has 0 bridgehead atoms. The highest BCUT2D eigenvalue weighted by Crippen LogP contribution is 2.33. The maximum Gasteiger partial charge on any atom is 0.206 e. The molecule has 0 spiro atoms. The van der Waals surface area contributed by atoms with Crippen molar-refractivity contribution in [3.8, 4) is 22.8 Å². The van der Waals surface area contributed by atoms with Crippen molar-refractivity contribution in [2.45, 2.75) is 13.8 Å². The van der Waals surface area contributed by atoms with Crippen LogP contribution in [0.3, 0.4) is 0 Å². The fourth-order valence-corrected chi connectivity index (χ4v) is 3.79. The molecule has 1 heterocycles. The molecule has 0 atom stereocenters. The van der Waals surface area contributed by atoms with Gasteiger partial charge in [-0.2, -0.15) is 5.10 Å². The summed E-state index contributed by atoms with van der Waals surface area (Å²) >= 11 is 1.52. The van der Waals surface area contributed by atoms with E-state index in [0.717, 1.165) is 33.1 Å². The van der Waals surface area contributed by atoms with Gasteiger partial charge in [-0.05, 0) is 43.2 Å². The summed E-state index contributed by atoms with van der Waals surface area (Å²) in [5, 5.41) is 6.79. The molecule has 0 saturated carbocycles. The topological polar surface area (TPSA) is 48.1 Å². The Morgan fingerprint density at radius 3 is 2.62 bits per heavy atom. The highest BCUT2D eigenvalue weighted by molar-refractivity contribution is 7.07. The smallest absolute Gasteiger partial charge is 0.206 e. The molecule has 2 aromatic carbocycles. The number of hydrogen-bond donors (Lipinski definition) is 0. The summed E-state index contributed by atoms with van der Waals surface area (Å²) in [6.07, 6.45) is 3.63. The molecule has 3 rings (SSSR count). The number of nitrogens with zero attached hydrogens (tertiary/aromatic N) is 3. The van der Waals surface area contributed by atoms with E-state index >= 15 is 0 Å². The Kier molecular flexibility index (Phi) is 6.67. The average molecular weight is 408 g/mol. The van der Waals surface area contributed by atoms with Crippen LogP contribution in [0.25, 0.3) is 11.3 Å². The first-order valence-corrected chi connectivity index (χ1v) is 10.1. The zero-order chi connectivity index (χ0) is 20.8. The van der Waals surface area contributed by atoms with Crippen molar-refractivity contribution in [1.29, 1.82) is 0 Å². The molecule has 0 amide bonds. The fourth-order valence-electron chi connectivity index (χ4n) is 2.95. The van der Waals surface area contributed by atoms with Crippen LogP contribution in [0.2, 0.25) is 0 Å². The number of benzene rings is 2. The Hall–Kier alpha value is -3.12. The van der Waals surface area contributed by atoms with Gasteiger partial charge in [0.1, 0.15) is 11.5 Å². The highest BCUT2D eigenvalue weighted by atomic mass is 32.1. The third-order valence-corrected chi connectivity index (χ3v) is 5.32. The quantitative estimate of drug-likeness (QED) is 0.416. The SMILES string of the molecule is C=CCN=c1scc(-c2cc(OC)ccc2OC)n1N=Cc1ccc(C)cc1C. The normalized spacial score (nSPS) is 11.8. The van der Waals surface area contributed by atoms with Gasteiger partial charge in [-0.15, -0.1) is 17.9 Å². The van der Waals surface area contributed by atoms with Crippen LogP contribution in [-0.4, -0.2) is 31.7 Å². The number of aromatic nitrogens is 1. The van der Waals surface area contributed by atoms with Gasteiger partial charge in [0.2, 0.25) is 4.80 Å². The van der Waals surface area contributed by atoms with Crippen LogP contribution in [0.1, 0.15) is 16.7 Å². The van der Waals surface area contributed by atoms with Crippen molar-refractivity contribution in [3.05, 3.63) is 75.9 Å². The molecule has 1 aromatic heterocycles. The predicted molar refractivity (Wildman–Crippen MR) is 120 cm³/mol. The molecule has 150 valence electrons. The molecule has 5 nitrogen and oxygen atoms in total. The maximum absolute atomic E-state index is 5.58. The number of ether oxygens (including phenoxy) is 2. The lowest BCUT2D eigenvalue weighted by Gasteiger charge is -2.11. The summed E-state index contributed by atoms with van der Waals surface area (Å²) in [5.41, 5.74) is 5.24. The van der Waals surface area contributed by atoms with E-state index in [4.69, 9.17) is 14.6 Å². The van der Waals surface area contributed by atoms with Gasteiger partial charge in [-0.3, -0.25) is 4.99 Å². The molecule has 0 aliphatic rings. The Labute approximate surface area is 175 Å². The second kappa shape index (κ2) is 9.39. The second-order valence-corrected chi connectivity index (χ2v) is 7.35. The van der Waals surface area contributed by atoms with E-state index in [9.17, 15) is 0 Å². The van der Waals surface area contributed by atoms with Crippen molar-refractivity contribution < 1.29 is 9.47 Å². The van der Waals surface area contributed by atoms with Crippen LogP contribution in [-0.2, 0) is 0 Å². The lowest BCUT2D eigenvalue weighted by Crippen LogP contribution is -2.13. The molecule has 3 aromatic rings. The summed E-state index contributed by atoms with van der Waals surface area (Å²) in [7, 11) is 3.31. The minimum atomic E-state index is 0.522. The molecule has 0 N–H and O–H groups in total. The number of methoxy groups -OCH3 is 2. The monoisotopic (exact) mass is 407 g/mol. The minimum Gasteiger partial charge on any atom is -0.497 e. The van der Waals surface area contributed by atoms with Gasteiger partial charge in [-0.25, -0.2) is 4.68 Å². The Morgan fingerprint density at radius 1 is 1.10 bits per heavy atom. The van der Waals surface area contributed by atoms with Crippen molar-refractivity contribution in [1.82, 2.24) is 4.68 Å². The van der Waals surface area contributed by atoms with Crippen LogP contribution < -0.4 is 14.3 Å². The molecular weight excluding hydrogens is 382 g/mol. The molecule has 0 unspecified atom stereocenters. The summed E-state index contributed by atoms with van der Waals surface area (Å²) in [6.45, 7) is 8.45. The predicted octanol–water partition coefficient (Wildman–Crippen LogP) is 4.82. The summed E-state index contributed by atoms with van der Waals surface area (Å²) < 4.78 is 12.8. The van der Waals surface area contributed by atoms with Crippen LogP contribution in [0.4, 0.5) is 0 Å². The van der Waals surface area contributed by atoms with Crippen LogP contribution in [0, 0.1) is 13.8 Å². The van der Waals surface area contributed by atoms with E-state index in [1.54, 1.807) is 20.3 Å². The van der Waals surface area contributed by atoms with Crippen molar-refractivity contribution >= 4 is 17.6 Å². The molecule has 0 fully saturated rings. The largest absolute Gasteiger partial charge is 0.497 e. The van der Waals surface area contributed by atoms with E-state index < -0.39 is 0 Å². The molecule has 6 heteroatoms. The van der Waals surface area contributed by atoms with E-state index in [0.29, 0.717) is 6.54 Å². The van der Waals surface area contributed by atoms with Gasteiger partial charge in [-0.1, -0.05) is 29.8 Å². The van der Waals surface area contributed by atoms with E-state index in [-0.39, 0.29) is 0 Å². The molecule has 0 saturated heterocycles. The van der Waals surface area contributed by atoms with Crippen LogP contribution in [0.5, 0.6) is 11.5 Å². The second-order valence-electron chi connectivity index (χ2n) is 6.52. The van der Waals surface area contributed by atoms with Gasteiger partial charge in [0.25, 0.3) is 0 Å². The number of thiazole rings is 1. The Bertz CT molecular complexity index is 1110. The summed E-state index contributed by atoms with van der Waals surface area (Å²) in [4.78, 5) is 5.38. The van der Waals surface area contributed by atoms with E-state index in [2.05, 4.69) is 43.6 Å². The summed E-state index contributed by atoms with van der Waals surface area (Å²) in [5.74, 6) is 1.50. The van der Waals surface area contributed by atoms with Gasteiger partial charge >= 0.3 is 0 Å². The van der Waals surface area contributed by atoms with Crippen molar-refractivity contribution in [2.24, 2.45) is 10.1 Å². The van der Waals surface area contributed by atoms with Gasteiger partial charge in [0.15, 0.2) is 0 Å². The van der Waals surface area contributed by atoms with Crippen LogP contribution >= 0.6 is 11.3 Å². The standard InChI is InChI=1S/C23H25N3O2S/c1-6-11-24-23-26(25-14-18-8-7-16(2)12-17(18)3)21(15-29-23)20-13-19(27-4)9-10-22(20)28-5/h6-10,12-15H,1,11H2,2-5H3. The highest BCUT2D eigenvalue weighted by Gasteiger charge is 2.14. The zero-order valence-electron chi connectivity index (χ0n) is 17.2. The molecular formula is C23H25N3O2S. The van der Waals surface area contributed by atoms with Crippen molar-refractivity contribution in [2.75, 3.05) is 20.8 Å². The number of aryl methyl sites for hydroxylation is 2. The fraction of sp³-hybridized carbons (Fsp3) is 0.217. The first-order chi connectivity index (χ1) is 14.1. The Morgan fingerprint density at radius 2 is 1.93 bits per heavy atom. The average Bonchev–Trinajstić information content (AvgIpc) is 3.13. The first kappa shape index (κ1) is 20.6. The molecule has 0 aliphatic heterocycles. The molecule has 0 aliphatic carbocycles. The minimum absolute atomic E-state index is 0.522. The number of hydrogen-bond acceptors (Lipinski definition) is 5. The van der Waals surface area contributed by atoms with Crippen LogP contribution in [0.15, 0.2) is 64.5 Å². The van der Waals surface area contributed by atoms with Gasteiger partial charge in [0.05, 0.1) is 32.7 Å². The van der Waals surface area contributed by atoms with E-state index in [1.807, 2.05) is 34.5 Å². The van der Waals surface area contributed by atoms with E-state index in [1.165, 1.54) is 22.5 Å². The third-order valence-electron chi connectivity index (χ3n) is 4.46.